The first-order chi connectivity index (χ1) is 17.7. The van der Waals surface area contributed by atoms with Gasteiger partial charge >= 0.3 is 5.97 Å². The number of methoxy groups -OCH3 is 1. The molecule has 7 nitrogen and oxygen atoms in total. The van der Waals surface area contributed by atoms with Crippen LogP contribution in [0.25, 0.3) is 0 Å². The minimum Gasteiger partial charge on any atom is -0.468 e. The second-order valence-electron chi connectivity index (χ2n) is 9.05. The van der Waals surface area contributed by atoms with Crippen molar-refractivity contribution in [1.82, 2.24) is 15.1 Å². The van der Waals surface area contributed by atoms with Crippen LogP contribution in [0.2, 0.25) is 0 Å². The Morgan fingerprint density at radius 3 is 1.92 bits per heavy atom. The predicted molar refractivity (Wildman–Crippen MR) is 138 cm³/mol. The Labute approximate surface area is 211 Å². The number of benzene rings is 3. The van der Waals surface area contributed by atoms with Gasteiger partial charge < -0.3 is 9.64 Å². The molecule has 1 saturated heterocycles. The Morgan fingerprint density at radius 2 is 1.39 bits per heavy atom. The van der Waals surface area contributed by atoms with Crippen LogP contribution in [0.3, 0.4) is 0 Å². The largest absolute Gasteiger partial charge is 0.468 e. The zero-order valence-corrected chi connectivity index (χ0v) is 20.3. The molecule has 0 unspecified atom stereocenters. The summed E-state index contributed by atoms with van der Waals surface area (Å²) < 4.78 is 4.93. The molecule has 0 radical (unpaired) electrons. The number of piperazine rings is 1. The van der Waals surface area contributed by atoms with Crippen LogP contribution in [-0.4, -0.2) is 60.9 Å². The summed E-state index contributed by atoms with van der Waals surface area (Å²) in [7, 11) is 1.30. The standard InChI is InChI=1S/C29H30N4O3/c1-36-28(35)24-25(21-11-5-2-6-12-21)30-29(31-27(24)34)33-19-17-32(18-20-33)26(22-13-7-3-8-14-22)23-15-9-4-10-16-23/h2-16,24-26H,17-20H2,1H3,(H,30,31,34)/t24-,25+/m1/s1. The number of guanidine groups is 1. The molecule has 0 spiro atoms. The summed E-state index contributed by atoms with van der Waals surface area (Å²) in [5.41, 5.74) is 3.32. The third kappa shape index (κ3) is 4.88. The molecule has 0 aliphatic carbocycles. The first-order valence-corrected chi connectivity index (χ1v) is 12.3. The van der Waals surface area contributed by atoms with E-state index in [2.05, 4.69) is 63.6 Å². The van der Waals surface area contributed by atoms with Gasteiger partial charge in [0.15, 0.2) is 5.92 Å². The number of hydrogen-bond donors (Lipinski definition) is 1. The van der Waals surface area contributed by atoms with E-state index >= 15 is 0 Å². The lowest BCUT2D eigenvalue weighted by molar-refractivity contribution is -0.151. The van der Waals surface area contributed by atoms with Crippen LogP contribution < -0.4 is 5.32 Å². The van der Waals surface area contributed by atoms with Crippen molar-refractivity contribution in [2.75, 3.05) is 33.3 Å². The topological polar surface area (TPSA) is 74.2 Å². The molecule has 184 valence electrons. The van der Waals surface area contributed by atoms with E-state index in [1.165, 1.54) is 18.2 Å². The number of aliphatic imine (C=N–C) groups is 1. The lowest BCUT2D eigenvalue weighted by Crippen LogP contribution is -2.57. The summed E-state index contributed by atoms with van der Waals surface area (Å²) in [4.78, 5) is 34.9. The van der Waals surface area contributed by atoms with Crippen molar-refractivity contribution in [2.45, 2.75) is 12.1 Å². The fourth-order valence-corrected chi connectivity index (χ4v) is 5.09. The lowest BCUT2D eigenvalue weighted by Gasteiger charge is -2.42. The number of amides is 1. The van der Waals surface area contributed by atoms with Crippen LogP contribution in [0.15, 0.2) is 96.0 Å². The molecule has 1 N–H and O–H groups in total. The molecular formula is C29H30N4O3. The summed E-state index contributed by atoms with van der Waals surface area (Å²) in [5, 5.41) is 2.88. The van der Waals surface area contributed by atoms with Gasteiger partial charge in [0.1, 0.15) is 6.04 Å². The Morgan fingerprint density at radius 1 is 0.861 bits per heavy atom. The van der Waals surface area contributed by atoms with Gasteiger partial charge in [0, 0.05) is 26.2 Å². The zero-order chi connectivity index (χ0) is 24.9. The zero-order valence-electron chi connectivity index (χ0n) is 20.3. The Hall–Kier alpha value is -3.97. The van der Waals surface area contributed by atoms with Gasteiger partial charge in [0.05, 0.1) is 13.2 Å². The molecule has 5 rings (SSSR count). The molecule has 0 bridgehead atoms. The van der Waals surface area contributed by atoms with Crippen molar-refractivity contribution >= 4 is 17.8 Å². The van der Waals surface area contributed by atoms with E-state index in [9.17, 15) is 9.59 Å². The molecule has 7 heteroatoms. The number of nitrogens with one attached hydrogen (secondary N) is 1. The van der Waals surface area contributed by atoms with Gasteiger partial charge in [-0.2, -0.15) is 0 Å². The SMILES string of the molecule is COC(=O)[C@H]1C(=O)NC(N2CCN(C(c3ccccc3)c3ccccc3)CC2)=N[C@H]1c1ccccc1. The van der Waals surface area contributed by atoms with E-state index in [1.54, 1.807) is 0 Å². The van der Waals surface area contributed by atoms with Crippen LogP contribution >= 0.6 is 0 Å². The van der Waals surface area contributed by atoms with E-state index in [0.717, 1.165) is 18.7 Å². The summed E-state index contributed by atoms with van der Waals surface area (Å²) in [5.74, 6) is -1.45. The molecule has 3 aromatic carbocycles. The second kappa shape index (κ2) is 10.7. The normalized spacial score (nSPS) is 20.6. The van der Waals surface area contributed by atoms with E-state index < -0.39 is 17.9 Å². The highest BCUT2D eigenvalue weighted by Gasteiger charge is 2.42. The highest BCUT2D eigenvalue weighted by molar-refractivity contribution is 6.08. The van der Waals surface area contributed by atoms with E-state index in [-0.39, 0.29) is 11.9 Å². The molecule has 3 aromatic rings. The third-order valence-corrected chi connectivity index (χ3v) is 6.90. The molecule has 36 heavy (non-hydrogen) atoms. The second-order valence-corrected chi connectivity index (χ2v) is 9.05. The quantitative estimate of drug-likeness (QED) is 0.446. The number of ether oxygens (including phenoxy) is 1. The van der Waals surface area contributed by atoms with Gasteiger partial charge in [0.2, 0.25) is 11.9 Å². The highest BCUT2D eigenvalue weighted by atomic mass is 16.5. The summed E-state index contributed by atoms with van der Waals surface area (Å²) in [6.45, 7) is 3.03. The molecule has 2 heterocycles. The summed E-state index contributed by atoms with van der Waals surface area (Å²) >= 11 is 0. The lowest BCUT2D eigenvalue weighted by atomic mass is 9.91. The van der Waals surface area contributed by atoms with E-state index in [1.807, 2.05) is 42.5 Å². The molecule has 0 saturated carbocycles. The highest BCUT2D eigenvalue weighted by Crippen LogP contribution is 2.32. The van der Waals surface area contributed by atoms with Crippen molar-refractivity contribution in [3.8, 4) is 0 Å². The van der Waals surface area contributed by atoms with E-state index in [0.29, 0.717) is 19.0 Å². The van der Waals surface area contributed by atoms with Crippen molar-refractivity contribution in [3.05, 3.63) is 108 Å². The van der Waals surface area contributed by atoms with Crippen LogP contribution in [0.4, 0.5) is 0 Å². The van der Waals surface area contributed by atoms with Gasteiger partial charge in [-0.1, -0.05) is 91.0 Å². The number of esters is 1. The summed E-state index contributed by atoms with van der Waals surface area (Å²) in [6, 6.07) is 30.1. The first kappa shape index (κ1) is 23.8. The number of carbonyl (C=O) groups excluding carboxylic acids is 2. The van der Waals surface area contributed by atoms with Crippen LogP contribution in [0.5, 0.6) is 0 Å². The van der Waals surface area contributed by atoms with Crippen LogP contribution in [0.1, 0.15) is 28.8 Å². The average Bonchev–Trinajstić information content (AvgIpc) is 2.94. The van der Waals surface area contributed by atoms with Gasteiger partial charge in [-0.25, -0.2) is 4.99 Å². The maximum atomic E-state index is 13.0. The molecular weight excluding hydrogens is 452 g/mol. The van der Waals surface area contributed by atoms with E-state index in [4.69, 9.17) is 9.73 Å². The maximum absolute atomic E-state index is 13.0. The number of carbonyl (C=O) groups is 2. The average molecular weight is 483 g/mol. The molecule has 2 aliphatic heterocycles. The number of hydrogen-bond acceptors (Lipinski definition) is 6. The predicted octanol–water partition coefficient (Wildman–Crippen LogP) is 3.41. The molecule has 0 aromatic heterocycles. The van der Waals surface area contributed by atoms with Gasteiger partial charge in [-0.15, -0.1) is 0 Å². The molecule has 1 amide bonds. The van der Waals surface area contributed by atoms with Crippen molar-refractivity contribution < 1.29 is 14.3 Å². The summed E-state index contributed by atoms with van der Waals surface area (Å²) in [6.07, 6.45) is 0. The third-order valence-electron chi connectivity index (χ3n) is 6.90. The number of nitrogens with zero attached hydrogens (tertiary/aromatic N) is 3. The number of rotatable bonds is 5. The minimum absolute atomic E-state index is 0.151. The molecule has 1 fully saturated rings. The monoisotopic (exact) mass is 482 g/mol. The maximum Gasteiger partial charge on any atom is 0.320 e. The fourth-order valence-electron chi connectivity index (χ4n) is 5.09. The first-order valence-electron chi connectivity index (χ1n) is 12.3. The Balaban J connectivity index is 1.37. The van der Waals surface area contributed by atoms with Crippen molar-refractivity contribution in [1.29, 1.82) is 0 Å². The van der Waals surface area contributed by atoms with Crippen molar-refractivity contribution in [2.24, 2.45) is 10.9 Å². The Bertz CT molecular complexity index is 1170. The smallest absolute Gasteiger partial charge is 0.320 e. The Kier molecular flexibility index (Phi) is 7.09. The van der Waals surface area contributed by atoms with Crippen LogP contribution in [0, 0.1) is 5.92 Å². The van der Waals surface area contributed by atoms with Crippen LogP contribution in [-0.2, 0) is 14.3 Å². The van der Waals surface area contributed by atoms with Gasteiger partial charge in [0.25, 0.3) is 0 Å². The van der Waals surface area contributed by atoms with Gasteiger partial charge in [-0.05, 0) is 16.7 Å². The van der Waals surface area contributed by atoms with Crippen molar-refractivity contribution in [3.63, 3.8) is 0 Å². The minimum atomic E-state index is -1.01. The molecule has 2 atom stereocenters. The fraction of sp³-hybridized carbons (Fsp3) is 0.276. The molecule has 2 aliphatic rings. The van der Waals surface area contributed by atoms with Gasteiger partial charge in [-0.3, -0.25) is 19.8 Å².